The molecule has 1 nitrogen and oxygen atoms in total. The SMILES string of the molecule is [2H]c1c([2H])c(N(c2c([2H])c([2H])c(-c3cccc4ccccc34)c([2H])c2[2H])c2c([2H])c([2H])c(-c3c(-c4ccccc4)ccc4ccccc34)c([2H])c2[2H])c([2H])c([2H])c1-c1ccc(-c2ccc3ccccc3c2)cc1. The van der Waals surface area contributed by atoms with Gasteiger partial charge in [-0.05, 0) is 130 Å². The minimum Gasteiger partial charge on any atom is -0.311 e. The van der Waals surface area contributed by atoms with Crippen molar-refractivity contribution in [2.45, 2.75) is 0 Å². The van der Waals surface area contributed by atoms with Crippen LogP contribution in [0.4, 0.5) is 17.1 Å². The largest absolute Gasteiger partial charge is 0.311 e. The van der Waals surface area contributed by atoms with Crippen LogP contribution in [0.25, 0.3) is 88.0 Å². The lowest BCUT2D eigenvalue weighted by atomic mass is 9.89. The molecule has 11 aromatic rings. The normalized spacial score (nSPS) is 14.0. The summed E-state index contributed by atoms with van der Waals surface area (Å²) in [6.07, 6.45) is 0. The first-order valence-electron chi connectivity index (χ1n) is 26.0. The summed E-state index contributed by atoms with van der Waals surface area (Å²) in [6, 6.07) is 47.2. The van der Waals surface area contributed by atoms with Crippen LogP contribution in [0.2, 0.25) is 0 Å². The zero-order valence-corrected chi connectivity index (χ0v) is 32.7. The standard InChI is InChI=1S/C60H41N/c1-2-12-47(13-3-1)59-40-33-48-15-7-9-19-58(48)60(59)50-31-38-55(39-32-50)61(54-36-29-49(30-37-54)57-20-10-17-46-14-6-8-18-56(46)57)53-34-27-44(28-35-53)43-21-23-45(24-22-43)52-26-25-42-11-4-5-16-51(42)41-52/h1-41H/i27D,28D,29D,30D,31D,32D,34D,35D,36D,37D,38D,39D. The van der Waals surface area contributed by atoms with Gasteiger partial charge in [0.15, 0.2) is 0 Å². The maximum Gasteiger partial charge on any atom is 0.0645 e. The van der Waals surface area contributed by atoms with Gasteiger partial charge in [0.1, 0.15) is 0 Å². The molecule has 0 saturated carbocycles. The molecule has 0 heterocycles. The van der Waals surface area contributed by atoms with E-state index in [1.54, 1.807) is 30.3 Å². The molecule has 1 heteroatoms. The molecule has 0 aromatic heterocycles. The number of benzene rings is 11. The number of anilines is 3. The molecule has 0 spiro atoms. The Morgan fingerprint density at radius 2 is 0.738 bits per heavy atom. The van der Waals surface area contributed by atoms with E-state index >= 15 is 0 Å². The Morgan fingerprint density at radius 3 is 1.41 bits per heavy atom. The summed E-state index contributed by atoms with van der Waals surface area (Å²) < 4.78 is 116. The molecule has 0 aliphatic heterocycles. The molecular weight excluding hydrogens is 735 g/mol. The first kappa shape index (κ1) is 25.5. The van der Waals surface area contributed by atoms with E-state index in [0.29, 0.717) is 33.0 Å². The fourth-order valence-corrected chi connectivity index (χ4v) is 8.03. The minimum absolute atomic E-state index is 0.0446. The highest BCUT2D eigenvalue weighted by atomic mass is 15.1. The molecule has 0 unspecified atom stereocenters. The first-order valence-corrected chi connectivity index (χ1v) is 20.0. The predicted octanol–water partition coefficient (Wildman–Crippen LogP) is 17.0. The van der Waals surface area contributed by atoms with Crippen molar-refractivity contribution in [3.63, 3.8) is 0 Å². The maximum absolute atomic E-state index is 9.85. The molecule has 0 saturated heterocycles. The van der Waals surface area contributed by atoms with Gasteiger partial charge in [0.2, 0.25) is 0 Å². The lowest BCUT2D eigenvalue weighted by molar-refractivity contribution is 1.28. The number of hydrogen-bond donors (Lipinski definition) is 0. The molecule has 0 N–H and O–H groups in total. The molecule has 11 rings (SSSR count). The highest BCUT2D eigenvalue weighted by Crippen LogP contribution is 2.42. The van der Waals surface area contributed by atoms with Gasteiger partial charge in [0, 0.05) is 17.1 Å². The van der Waals surface area contributed by atoms with E-state index in [1.165, 1.54) is 0 Å². The van der Waals surface area contributed by atoms with Gasteiger partial charge in [-0.15, -0.1) is 0 Å². The van der Waals surface area contributed by atoms with Crippen LogP contribution in [0.1, 0.15) is 16.4 Å². The number of fused-ring (bicyclic) bond motifs is 3. The van der Waals surface area contributed by atoms with E-state index in [1.807, 2.05) is 140 Å². The van der Waals surface area contributed by atoms with Crippen molar-refractivity contribution in [2.75, 3.05) is 4.90 Å². The predicted molar refractivity (Wildman–Crippen MR) is 261 cm³/mol. The molecule has 286 valence electrons. The van der Waals surface area contributed by atoms with Gasteiger partial charge in [-0.3, -0.25) is 0 Å². The van der Waals surface area contributed by atoms with Gasteiger partial charge in [0.25, 0.3) is 0 Å². The summed E-state index contributed by atoms with van der Waals surface area (Å²) in [5.41, 5.74) is 2.45. The van der Waals surface area contributed by atoms with E-state index in [9.17, 15) is 16.4 Å². The topological polar surface area (TPSA) is 3.24 Å². The van der Waals surface area contributed by atoms with E-state index in [4.69, 9.17) is 0 Å². The molecule has 0 radical (unpaired) electrons. The van der Waals surface area contributed by atoms with E-state index in [2.05, 4.69) is 6.07 Å². The van der Waals surface area contributed by atoms with Crippen molar-refractivity contribution in [1.82, 2.24) is 0 Å². The van der Waals surface area contributed by atoms with Crippen LogP contribution in [-0.4, -0.2) is 0 Å². The van der Waals surface area contributed by atoms with Crippen molar-refractivity contribution in [3.05, 3.63) is 248 Å². The molecule has 61 heavy (non-hydrogen) atoms. The van der Waals surface area contributed by atoms with Gasteiger partial charge in [-0.1, -0.05) is 206 Å². The zero-order chi connectivity index (χ0) is 51.0. The lowest BCUT2D eigenvalue weighted by Crippen LogP contribution is -2.09. The molecule has 0 atom stereocenters. The highest BCUT2D eigenvalue weighted by molar-refractivity contribution is 6.04. The highest BCUT2D eigenvalue weighted by Gasteiger charge is 2.17. The summed E-state index contributed by atoms with van der Waals surface area (Å²) in [5, 5.41) is 5.02. The first-order chi connectivity index (χ1) is 35.3. The molecular formula is C60H41N. The van der Waals surface area contributed by atoms with E-state index in [-0.39, 0.29) is 16.7 Å². The third-order valence-electron chi connectivity index (χ3n) is 11.1. The van der Waals surface area contributed by atoms with Crippen LogP contribution in [0, 0.1) is 0 Å². The van der Waals surface area contributed by atoms with Crippen molar-refractivity contribution in [2.24, 2.45) is 0 Å². The van der Waals surface area contributed by atoms with Crippen LogP contribution < -0.4 is 4.90 Å². The Kier molecular flexibility index (Phi) is 6.53. The van der Waals surface area contributed by atoms with Gasteiger partial charge in [-0.2, -0.15) is 0 Å². The average molecular weight is 788 g/mol. The maximum atomic E-state index is 9.85. The Hall–Kier alpha value is -8.00. The van der Waals surface area contributed by atoms with Gasteiger partial charge in [-0.25, -0.2) is 0 Å². The van der Waals surface area contributed by atoms with Crippen LogP contribution in [0.15, 0.2) is 248 Å². The van der Waals surface area contributed by atoms with Crippen molar-refractivity contribution in [3.8, 4) is 55.6 Å². The second-order valence-corrected chi connectivity index (χ2v) is 14.7. The average Bonchev–Trinajstić information content (AvgIpc) is 3.42. The number of nitrogens with zero attached hydrogens (tertiary/aromatic N) is 1. The zero-order valence-electron chi connectivity index (χ0n) is 44.7. The minimum atomic E-state index is -0.678. The summed E-state index contributed by atoms with van der Waals surface area (Å²) in [5.74, 6) is 0. The second-order valence-electron chi connectivity index (χ2n) is 14.7. The molecule has 0 aliphatic carbocycles. The van der Waals surface area contributed by atoms with E-state index in [0.717, 1.165) is 43.1 Å². The Morgan fingerprint density at radius 1 is 0.262 bits per heavy atom. The lowest BCUT2D eigenvalue weighted by Gasteiger charge is -2.26. The van der Waals surface area contributed by atoms with Gasteiger partial charge < -0.3 is 4.90 Å². The summed E-state index contributed by atoms with van der Waals surface area (Å²) in [7, 11) is 0. The van der Waals surface area contributed by atoms with Crippen molar-refractivity contribution >= 4 is 49.4 Å². The molecule has 11 aromatic carbocycles. The number of hydrogen-bond acceptors (Lipinski definition) is 1. The molecule has 0 fully saturated rings. The summed E-state index contributed by atoms with van der Waals surface area (Å²) in [4.78, 5) is 0.868. The van der Waals surface area contributed by atoms with E-state index < -0.39 is 89.6 Å². The quantitative estimate of drug-likeness (QED) is 0.148. The third kappa shape index (κ3) is 6.93. The summed E-state index contributed by atoms with van der Waals surface area (Å²) in [6.45, 7) is 0. The smallest absolute Gasteiger partial charge is 0.0645 e. The van der Waals surface area contributed by atoms with Crippen LogP contribution >= 0.6 is 0 Å². The monoisotopic (exact) mass is 787 g/mol. The Balaban J connectivity index is 1.16. The number of rotatable bonds is 8. The van der Waals surface area contributed by atoms with Crippen LogP contribution in [0.3, 0.4) is 0 Å². The Bertz CT molecular complexity index is 3970. The fourth-order valence-electron chi connectivity index (χ4n) is 8.03. The third-order valence-corrected chi connectivity index (χ3v) is 11.1. The van der Waals surface area contributed by atoms with Crippen molar-refractivity contribution < 1.29 is 16.4 Å². The van der Waals surface area contributed by atoms with Crippen LogP contribution in [-0.2, 0) is 0 Å². The van der Waals surface area contributed by atoms with Crippen molar-refractivity contribution in [1.29, 1.82) is 0 Å². The molecule has 0 amide bonds. The van der Waals surface area contributed by atoms with Crippen LogP contribution in [0.5, 0.6) is 0 Å². The molecule has 0 bridgehead atoms. The molecule has 0 aliphatic rings. The van der Waals surface area contributed by atoms with Gasteiger partial charge in [0.05, 0.1) is 16.4 Å². The Labute approximate surface area is 373 Å². The second kappa shape index (κ2) is 15.6. The van der Waals surface area contributed by atoms with Gasteiger partial charge >= 0.3 is 0 Å². The summed E-state index contributed by atoms with van der Waals surface area (Å²) >= 11 is 0. The fraction of sp³-hybridized carbons (Fsp3) is 0.